The number of carbonyl (C=O) groups excluding carboxylic acids is 4. The first-order valence-electron chi connectivity index (χ1n) is 7.96. The van der Waals surface area contributed by atoms with Crippen molar-refractivity contribution in [1.29, 1.82) is 0 Å². The Morgan fingerprint density at radius 1 is 0.963 bits per heavy atom. The number of benzene rings is 2. The molecule has 0 fully saturated rings. The number of rotatable bonds is 8. The zero-order valence-electron chi connectivity index (χ0n) is 14.2. The molecule has 0 aliphatic carbocycles. The Balaban J connectivity index is 2.00. The number of nitrogens with two attached hydrogens (primary N) is 1. The van der Waals surface area contributed by atoms with E-state index in [0.717, 1.165) is 0 Å². The normalized spacial score (nSPS) is 11.3. The average Bonchev–Trinajstić information content (AvgIpc) is 2.66. The number of esters is 1. The molecule has 2 amide bonds. The van der Waals surface area contributed by atoms with Gasteiger partial charge in [0.15, 0.2) is 12.4 Å². The number of nitrogens with one attached hydrogen (secondary N) is 1. The molecule has 3 N–H and O–H groups in total. The lowest BCUT2D eigenvalue weighted by molar-refractivity contribution is -0.146. The molecule has 1 unspecified atom stereocenters. The van der Waals surface area contributed by atoms with Crippen LogP contribution in [0.4, 0.5) is 0 Å². The van der Waals surface area contributed by atoms with E-state index >= 15 is 0 Å². The fourth-order valence-electron chi connectivity index (χ4n) is 2.18. The number of carbonyl (C=O) groups is 4. The molecule has 7 nitrogen and oxygen atoms in total. The number of hydrogen-bond acceptors (Lipinski definition) is 5. The molecule has 27 heavy (non-hydrogen) atoms. The first kappa shape index (κ1) is 20.1. The van der Waals surface area contributed by atoms with E-state index in [1.807, 2.05) is 0 Å². The van der Waals surface area contributed by atoms with Crippen molar-refractivity contribution in [3.8, 4) is 0 Å². The van der Waals surface area contributed by atoms with Gasteiger partial charge in [0.25, 0.3) is 5.91 Å². The average molecular weight is 389 g/mol. The van der Waals surface area contributed by atoms with Crippen molar-refractivity contribution in [1.82, 2.24) is 5.32 Å². The predicted molar refractivity (Wildman–Crippen MR) is 98.2 cm³/mol. The Kier molecular flexibility index (Phi) is 7.08. The smallest absolute Gasteiger partial charge is 0.329 e. The monoisotopic (exact) mass is 388 g/mol. The molecule has 0 aliphatic heterocycles. The molecule has 0 aliphatic rings. The summed E-state index contributed by atoms with van der Waals surface area (Å²) in [7, 11) is 0. The summed E-state index contributed by atoms with van der Waals surface area (Å²) >= 11 is 5.76. The molecule has 0 aromatic heterocycles. The highest BCUT2D eigenvalue weighted by atomic mass is 35.5. The van der Waals surface area contributed by atoms with Crippen LogP contribution in [0.1, 0.15) is 27.1 Å². The molecule has 0 radical (unpaired) electrons. The van der Waals surface area contributed by atoms with Crippen LogP contribution in [-0.2, 0) is 14.3 Å². The van der Waals surface area contributed by atoms with Gasteiger partial charge in [0.05, 0.1) is 6.42 Å². The van der Waals surface area contributed by atoms with Crippen LogP contribution in [0, 0.1) is 0 Å². The van der Waals surface area contributed by atoms with E-state index in [-0.39, 0.29) is 5.56 Å². The van der Waals surface area contributed by atoms with Crippen LogP contribution in [0.3, 0.4) is 0 Å². The van der Waals surface area contributed by atoms with Gasteiger partial charge in [0.2, 0.25) is 5.91 Å². The number of Topliss-reactive ketones (excluding diaryl/α,β-unsaturated/α-hetero) is 1. The van der Waals surface area contributed by atoms with Gasteiger partial charge < -0.3 is 15.8 Å². The van der Waals surface area contributed by atoms with Gasteiger partial charge in [0, 0.05) is 16.1 Å². The van der Waals surface area contributed by atoms with Gasteiger partial charge in [-0.2, -0.15) is 0 Å². The van der Waals surface area contributed by atoms with Crippen molar-refractivity contribution in [2.24, 2.45) is 5.73 Å². The maximum absolute atomic E-state index is 12.2. The number of amides is 2. The minimum atomic E-state index is -1.31. The van der Waals surface area contributed by atoms with Crippen molar-refractivity contribution >= 4 is 35.2 Å². The second-order valence-electron chi connectivity index (χ2n) is 5.60. The maximum atomic E-state index is 12.2. The molecule has 0 heterocycles. The molecule has 8 heteroatoms. The summed E-state index contributed by atoms with van der Waals surface area (Å²) < 4.78 is 4.95. The molecule has 1 atom stereocenters. The zero-order chi connectivity index (χ0) is 19.8. The highest BCUT2D eigenvalue weighted by Gasteiger charge is 2.25. The Bertz CT molecular complexity index is 837. The molecule has 0 saturated carbocycles. The van der Waals surface area contributed by atoms with Crippen molar-refractivity contribution in [3.05, 3.63) is 70.7 Å². The molecular weight excluding hydrogens is 372 g/mol. The van der Waals surface area contributed by atoms with Crippen LogP contribution in [0.15, 0.2) is 54.6 Å². The SMILES string of the molecule is NC(=O)CC(NC(=O)c1ccc(Cl)cc1)C(=O)OCC(=O)c1ccccc1. The summed E-state index contributed by atoms with van der Waals surface area (Å²) in [5.41, 5.74) is 5.74. The van der Waals surface area contributed by atoms with Crippen LogP contribution in [-0.4, -0.2) is 36.2 Å². The third-order valence-corrected chi connectivity index (χ3v) is 3.79. The highest BCUT2D eigenvalue weighted by molar-refractivity contribution is 6.30. The topological polar surface area (TPSA) is 116 Å². The third-order valence-electron chi connectivity index (χ3n) is 3.54. The van der Waals surface area contributed by atoms with E-state index < -0.39 is 42.6 Å². The summed E-state index contributed by atoms with van der Waals surface area (Å²) in [6.07, 6.45) is -0.461. The van der Waals surface area contributed by atoms with Crippen LogP contribution in [0.5, 0.6) is 0 Å². The summed E-state index contributed by atoms with van der Waals surface area (Å²) in [6, 6.07) is 12.9. The molecule has 0 bridgehead atoms. The van der Waals surface area contributed by atoms with Crippen molar-refractivity contribution < 1.29 is 23.9 Å². The summed E-state index contributed by atoms with van der Waals surface area (Å²) in [6.45, 7) is -0.519. The Morgan fingerprint density at radius 3 is 2.19 bits per heavy atom. The molecular formula is C19H17ClN2O5. The first-order valence-corrected chi connectivity index (χ1v) is 8.34. The van der Waals surface area contributed by atoms with Gasteiger partial charge in [-0.3, -0.25) is 14.4 Å². The molecule has 2 rings (SSSR count). The van der Waals surface area contributed by atoms with E-state index in [0.29, 0.717) is 10.6 Å². The lowest BCUT2D eigenvalue weighted by Gasteiger charge is -2.16. The van der Waals surface area contributed by atoms with Gasteiger partial charge in [-0.1, -0.05) is 41.9 Å². The number of primary amides is 1. The number of ketones is 1. The maximum Gasteiger partial charge on any atom is 0.329 e. The lowest BCUT2D eigenvalue weighted by atomic mass is 10.1. The quantitative estimate of drug-likeness (QED) is 0.528. The Hall–Kier alpha value is -3.19. The molecule has 0 saturated heterocycles. The number of ether oxygens (including phenoxy) is 1. The molecule has 0 spiro atoms. The van der Waals surface area contributed by atoms with E-state index in [9.17, 15) is 19.2 Å². The summed E-state index contributed by atoms with van der Waals surface area (Å²) in [5.74, 6) is -2.75. The van der Waals surface area contributed by atoms with E-state index in [1.165, 1.54) is 24.3 Å². The number of halogens is 1. The van der Waals surface area contributed by atoms with Crippen molar-refractivity contribution in [2.45, 2.75) is 12.5 Å². The minimum absolute atomic E-state index is 0.238. The van der Waals surface area contributed by atoms with Gasteiger partial charge in [-0.25, -0.2) is 4.79 Å². The van der Waals surface area contributed by atoms with Crippen LogP contribution in [0.2, 0.25) is 5.02 Å². The lowest BCUT2D eigenvalue weighted by Crippen LogP contribution is -2.44. The molecule has 2 aromatic carbocycles. The van der Waals surface area contributed by atoms with Gasteiger partial charge in [0.1, 0.15) is 6.04 Å². The van der Waals surface area contributed by atoms with Crippen molar-refractivity contribution in [3.63, 3.8) is 0 Å². The van der Waals surface area contributed by atoms with Gasteiger partial charge in [-0.05, 0) is 24.3 Å². The fourth-order valence-corrected chi connectivity index (χ4v) is 2.31. The van der Waals surface area contributed by atoms with Gasteiger partial charge >= 0.3 is 5.97 Å². The second-order valence-corrected chi connectivity index (χ2v) is 6.04. The first-order chi connectivity index (χ1) is 12.9. The van der Waals surface area contributed by atoms with E-state index in [1.54, 1.807) is 30.3 Å². The van der Waals surface area contributed by atoms with Gasteiger partial charge in [-0.15, -0.1) is 0 Å². The van der Waals surface area contributed by atoms with Crippen LogP contribution >= 0.6 is 11.6 Å². The largest absolute Gasteiger partial charge is 0.456 e. The standard InChI is InChI=1S/C19H17ClN2O5/c20-14-8-6-13(7-9-14)18(25)22-15(10-17(21)24)19(26)27-11-16(23)12-4-2-1-3-5-12/h1-9,15H,10-11H2,(H2,21,24)(H,22,25). The second kappa shape index (κ2) is 9.49. The Labute approximate surface area is 160 Å². The fraction of sp³-hybridized carbons (Fsp3) is 0.158. The summed E-state index contributed by atoms with van der Waals surface area (Å²) in [4.78, 5) is 47.7. The van der Waals surface area contributed by atoms with Crippen LogP contribution in [0.25, 0.3) is 0 Å². The highest BCUT2D eigenvalue weighted by Crippen LogP contribution is 2.10. The Morgan fingerprint density at radius 2 is 1.59 bits per heavy atom. The summed E-state index contributed by atoms with van der Waals surface area (Å²) in [5, 5.41) is 2.82. The molecule has 2 aromatic rings. The zero-order valence-corrected chi connectivity index (χ0v) is 14.9. The number of hydrogen-bond donors (Lipinski definition) is 2. The minimum Gasteiger partial charge on any atom is -0.456 e. The van der Waals surface area contributed by atoms with E-state index in [2.05, 4.69) is 5.32 Å². The third kappa shape index (κ3) is 6.23. The predicted octanol–water partition coefficient (Wildman–Crippen LogP) is 1.74. The van der Waals surface area contributed by atoms with E-state index in [4.69, 9.17) is 22.1 Å². The van der Waals surface area contributed by atoms with Crippen molar-refractivity contribution in [2.75, 3.05) is 6.61 Å². The van der Waals surface area contributed by atoms with Crippen LogP contribution < -0.4 is 11.1 Å². The molecule has 140 valence electrons.